The second-order valence-corrected chi connectivity index (χ2v) is 6.42. The first kappa shape index (κ1) is 20.5. The minimum atomic E-state index is -0.745. The second kappa shape index (κ2) is 8.01. The minimum absolute atomic E-state index is 0.167. The second-order valence-electron chi connectivity index (χ2n) is 6.42. The summed E-state index contributed by atoms with van der Waals surface area (Å²) in [4.78, 5) is 23.6. The van der Waals surface area contributed by atoms with E-state index in [-0.39, 0.29) is 5.57 Å². The molecule has 1 rings (SSSR count). The van der Waals surface area contributed by atoms with Crippen molar-refractivity contribution in [2.45, 2.75) is 40.2 Å². The number of rotatable bonds is 6. The Morgan fingerprint density at radius 2 is 1.48 bits per heavy atom. The summed E-state index contributed by atoms with van der Waals surface area (Å²) in [5.41, 5.74) is 2.69. The highest BCUT2D eigenvalue weighted by Crippen LogP contribution is 2.31. The Hall–Kier alpha value is -2.56. The molecule has 0 heterocycles. The van der Waals surface area contributed by atoms with E-state index in [0.29, 0.717) is 5.56 Å². The van der Waals surface area contributed by atoms with E-state index in [1.54, 1.807) is 0 Å². The van der Waals surface area contributed by atoms with E-state index in [4.69, 9.17) is 4.74 Å². The van der Waals surface area contributed by atoms with Crippen LogP contribution in [0.5, 0.6) is 5.75 Å². The number of benzene rings is 1. The molecular formula is C20H26O5. The molecule has 5 nitrogen and oxygen atoms in total. The fourth-order valence-electron chi connectivity index (χ4n) is 2.16. The average molecular weight is 346 g/mol. The van der Waals surface area contributed by atoms with Crippen molar-refractivity contribution in [2.75, 3.05) is 14.2 Å². The monoisotopic (exact) mass is 346 g/mol. The van der Waals surface area contributed by atoms with Crippen LogP contribution < -0.4 is 4.74 Å². The van der Waals surface area contributed by atoms with Crippen molar-refractivity contribution < 1.29 is 23.8 Å². The average Bonchev–Trinajstić information content (AvgIpc) is 2.54. The number of hydrogen-bond acceptors (Lipinski definition) is 5. The molecule has 0 atom stereocenters. The van der Waals surface area contributed by atoms with Gasteiger partial charge in [-0.15, -0.1) is 0 Å². The zero-order valence-electron chi connectivity index (χ0n) is 16.0. The van der Waals surface area contributed by atoms with Gasteiger partial charge < -0.3 is 14.2 Å². The molecule has 5 heteroatoms. The molecule has 0 saturated heterocycles. The van der Waals surface area contributed by atoms with Gasteiger partial charge in [0.2, 0.25) is 0 Å². The number of carbonyl (C=O) groups is 2. The maximum atomic E-state index is 11.8. The third-order valence-electron chi connectivity index (χ3n) is 3.99. The lowest BCUT2D eigenvalue weighted by molar-refractivity contribution is -0.143. The SMILES string of the molecule is C=C(C)C(C)(C)Oc1c(C)cc(C=C(C(=O)OC)C(=O)OC)cc1C. The van der Waals surface area contributed by atoms with E-state index in [2.05, 4.69) is 16.1 Å². The number of methoxy groups -OCH3 is 2. The lowest BCUT2D eigenvalue weighted by atomic mass is 9.99. The van der Waals surface area contributed by atoms with Gasteiger partial charge in [-0.3, -0.25) is 0 Å². The van der Waals surface area contributed by atoms with Gasteiger partial charge in [-0.25, -0.2) is 9.59 Å². The predicted octanol–water partition coefficient (Wildman–Crippen LogP) is 3.77. The van der Waals surface area contributed by atoms with Crippen molar-refractivity contribution in [2.24, 2.45) is 0 Å². The maximum absolute atomic E-state index is 11.8. The molecule has 0 bridgehead atoms. The first-order valence-electron chi connectivity index (χ1n) is 7.88. The molecule has 0 N–H and O–H groups in total. The molecule has 0 aliphatic rings. The fourth-order valence-corrected chi connectivity index (χ4v) is 2.16. The Labute approximate surface area is 149 Å². The molecule has 25 heavy (non-hydrogen) atoms. The minimum Gasteiger partial charge on any atom is -0.483 e. The molecule has 0 saturated carbocycles. The van der Waals surface area contributed by atoms with Gasteiger partial charge in [0.05, 0.1) is 14.2 Å². The topological polar surface area (TPSA) is 61.8 Å². The van der Waals surface area contributed by atoms with Crippen LogP contribution in [0.15, 0.2) is 29.9 Å². The van der Waals surface area contributed by atoms with Crippen molar-refractivity contribution in [3.63, 3.8) is 0 Å². The molecule has 0 aliphatic carbocycles. The van der Waals surface area contributed by atoms with Crippen LogP contribution in [-0.4, -0.2) is 31.8 Å². The first-order valence-corrected chi connectivity index (χ1v) is 7.88. The van der Waals surface area contributed by atoms with Gasteiger partial charge >= 0.3 is 11.9 Å². The summed E-state index contributed by atoms with van der Waals surface area (Å²) in [6, 6.07) is 3.67. The Kier molecular flexibility index (Phi) is 6.56. The normalized spacial score (nSPS) is 10.7. The summed E-state index contributed by atoms with van der Waals surface area (Å²) in [6.45, 7) is 13.6. The molecule has 0 fully saturated rings. The van der Waals surface area contributed by atoms with Gasteiger partial charge in [0.25, 0.3) is 0 Å². The Bertz CT molecular complexity index is 685. The van der Waals surface area contributed by atoms with Crippen LogP contribution in [0.1, 0.15) is 37.5 Å². The summed E-state index contributed by atoms with van der Waals surface area (Å²) in [7, 11) is 2.43. The first-order chi connectivity index (χ1) is 11.5. The molecule has 0 spiro atoms. The number of ether oxygens (including phenoxy) is 3. The summed E-state index contributed by atoms with van der Waals surface area (Å²) >= 11 is 0. The Balaban J connectivity index is 3.34. The zero-order chi connectivity index (χ0) is 19.4. The van der Waals surface area contributed by atoms with Crippen LogP contribution in [0.3, 0.4) is 0 Å². The van der Waals surface area contributed by atoms with Crippen LogP contribution in [0.25, 0.3) is 6.08 Å². The van der Waals surface area contributed by atoms with Crippen LogP contribution in [0.2, 0.25) is 0 Å². The summed E-state index contributed by atoms with van der Waals surface area (Å²) in [5.74, 6) is -0.736. The van der Waals surface area contributed by atoms with E-state index >= 15 is 0 Å². The van der Waals surface area contributed by atoms with Crippen molar-refractivity contribution in [3.05, 3.63) is 46.5 Å². The summed E-state index contributed by atoms with van der Waals surface area (Å²) < 4.78 is 15.4. The van der Waals surface area contributed by atoms with Crippen molar-refractivity contribution in [1.82, 2.24) is 0 Å². The summed E-state index contributed by atoms with van der Waals surface area (Å²) in [5, 5.41) is 0. The van der Waals surface area contributed by atoms with Crippen molar-refractivity contribution in [3.8, 4) is 5.75 Å². The number of esters is 2. The van der Waals surface area contributed by atoms with E-state index in [1.807, 2.05) is 46.8 Å². The van der Waals surface area contributed by atoms with Gasteiger partial charge in [-0.05, 0) is 75.1 Å². The summed E-state index contributed by atoms with van der Waals surface area (Å²) in [6.07, 6.45) is 1.45. The smallest absolute Gasteiger partial charge is 0.345 e. The quantitative estimate of drug-likeness (QED) is 0.258. The van der Waals surface area contributed by atoms with Crippen LogP contribution in [0, 0.1) is 13.8 Å². The third kappa shape index (κ3) is 4.95. The van der Waals surface area contributed by atoms with E-state index in [1.165, 1.54) is 20.3 Å². The zero-order valence-corrected chi connectivity index (χ0v) is 16.0. The highest BCUT2D eigenvalue weighted by molar-refractivity contribution is 6.17. The largest absolute Gasteiger partial charge is 0.483 e. The van der Waals surface area contributed by atoms with Crippen molar-refractivity contribution >= 4 is 18.0 Å². The molecule has 0 amide bonds. The standard InChI is InChI=1S/C20H26O5/c1-12(2)20(5,6)25-17-13(3)9-15(10-14(17)4)11-16(18(21)23-7)19(22)24-8/h9-11H,1H2,2-8H3. The molecule has 0 unspecified atom stereocenters. The molecular weight excluding hydrogens is 320 g/mol. The lowest BCUT2D eigenvalue weighted by Gasteiger charge is -2.29. The molecule has 0 aliphatic heterocycles. The van der Waals surface area contributed by atoms with Gasteiger partial charge in [-0.2, -0.15) is 0 Å². The molecule has 0 aromatic heterocycles. The van der Waals surface area contributed by atoms with Crippen LogP contribution in [-0.2, 0) is 19.1 Å². The van der Waals surface area contributed by atoms with Crippen LogP contribution >= 0.6 is 0 Å². The lowest BCUT2D eigenvalue weighted by Crippen LogP contribution is -2.29. The van der Waals surface area contributed by atoms with Crippen molar-refractivity contribution in [1.29, 1.82) is 0 Å². The van der Waals surface area contributed by atoms with Gasteiger partial charge in [0.1, 0.15) is 16.9 Å². The van der Waals surface area contributed by atoms with E-state index in [0.717, 1.165) is 22.4 Å². The molecule has 136 valence electrons. The van der Waals surface area contributed by atoms with Gasteiger partial charge in [0.15, 0.2) is 0 Å². The third-order valence-corrected chi connectivity index (χ3v) is 3.99. The number of aryl methyl sites for hydroxylation is 2. The molecule has 1 aromatic rings. The number of hydrogen-bond donors (Lipinski definition) is 0. The highest BCUT2D eigenvalue weighted by Gasteiger charge is 2.23. The highest BCUT2D eigenvalue weighted by atomic mass is 16.5. The maximum Gasteiger partial charge on any atom is 0.345 e. The number of carbonyl (C=O) groups excluding carboxylic acids is 2. The van der Waals surface area contributed by atoms with E-state index < -0.39 is 17.5 Å². The fraction of sp³-hybridized carbons (Fsp3) is 0.400. The predicted molar refractivity (Wildman–Crippen MR) is 97.4 cm³/mol. The van der Waals surface area contributed by atoms with E-state index in [9.17, 15) is 9.59 Å². The Morgan fingerprint density at radius 3 is 1.84 bits per heavy atom. The van der Waals surface area contributed by atoms with Gasteiger partial charge in [0, 0.05) is 0 Å². The van der Waals surface area contributed by atoms with Crippen LogP contribution in [0.4, 0.5) is 0 Å². The Morgan fingerprint density at radius 1 is 1.04 bits per heavy atom. The molecule has 0 radical (unpaired) electrons. The van der Waals surface area contributed by atoms with Gasteiger partial charge in [-0.1, -0.05) is 6.58 Å². The molecule has 1 aromatic carbocycles.